The third-order valence-electron chi connectivity index (χ3n) is 2.99. The van der Waals surface area contributed by atoms with Crippen LogP contribution in [0.2, 0.25) is 0 Å². The van der Waals surface area contributed by atoms with Crippen molar-refractivity contribution in [2.75, 3.05) is 39.1 Å². The average molecular weight is 295 g/mol. The summed E-state index contributed by atoms with van der Waals surface area (Å²) < 4.78 is 5.46. The lowest BCUT2D eigenvalue weighted by Crippen LogP contribution is -2.14. The van der Waals surface area contributed by atoms with Gasteiger partial charge in [0.1, 0.15) is 5.69 Å². The van der Waals surface area contributed by atoms with E-state index in [0.29, 0.717) is 24.6 Å². The van der Waals surface area contributed by atoms with Gasteiger partial charge < -0.3 is 15.0 Å². The van der Waals surface area contributed by atoms with Crippen molar-refractivity contribution in [3.05, 3.63) is 28.3 Å². The summed E-state index contributed by atoms with van der Waals surface area (Å²) in [5.41, 5.74) is 0.553. The molecule has 6 heteroatoms. The van der Waals surface area contributed by atoms with Crippen LogP contribution in [0, 0.1) is 10.1 Å². The van der Waals surface area contributed by atoms with Crippen LogP contribution in [0.15, 0.2) is 18.2 Å². The Morgan fingerprint density at radius 1 is 1.33 bits per heavy atom. The maximum atomic E-state index is 11.3. The summed E-state index contributed by atoms with van der Waals surface area (Å²) in [4.78, 5) is 13.0. The summed E-state index contributed by atoms with van der Waals surface area (Å²) in [6.45, 7) is 4.18. The molecule has 0 heterocycles. The molecule has 0 aliphatic rings. The third kappa shape index (κ3) is 5.99. The van der Waals surface area contributed by atoms with Gasteiger partial charge in [-0.1, -0.05) is 13.0 Å². The first-order valence-corrected chi connectivity index (χ1v) is 7.35. The van der Waals surface area contributed by atoms with Gasteiger partial charge in [0.2, 0.25) is 0 Å². The number of nitro groups is 1. The number of ether oxygens (including phenoxy) is 1. The molecular formula is C15H25N3O3. The van der Waals surface area contributed by atoms with E-state index in [1.54, 1.807) is 18.2 Å². The number of benzene rings is 1. The summed E-state index contributed by atoms with van der Waals surface area (Å²) in [5.74, 6) is 0.333. The standard InChI is InChI=1S/C15H25N3O3/c1-4-12-21-14-9-7-8-13(15(14)18(19)20)16-10-5-6-11-17(2)3/h7-9,16H,4-6,10-12H2,1-3H3. The van der Waals surface area contributed by atoms with Crippen molar-refractivity contribution in [2.45, 2.75) is 26.2 Å². The van der Waals surface area contributed by atoms with Crippen LogP contribution in [0.4, 0.5) is 11.4 Å². The number of hydrogen-bond acceptors (Lipinski definition) is 5. The van der Waals surface area contributed by atoms with E-state index in [1.807, 2.05) is 21.0 Å². The fourth-order valence-electron chi connectivity index (χ4n) is 1.96. The van der Waals surface area contributed by atoms with Crippen molar-refractivity contribution in [1.29, 1.82) is 0 Å². The predicted octanol–water partition coefficient (Wildman–Crippen LogP) is 3.14. The number of nitrogens with one attached hydrogen (secondary N) is 1. The minimum Gasteiger partial charge on any atom is -0.487 e. The smallest absolute Gasteiger partial charge is 0.333 e. The Bertz CT molecular complexity index is 450. The highest BCUT2D eigenvalue weighted by atomic mass is 16.6. The molecule has 118 valence electrons. The summed E-state index contributed by atoms with van der Waals surface area (Å²) in [5, 5.41) is 14.4. The van der Waals surface area contributed by atoms with Gasteiger partial charge in [0, 0.05) is 6.54 Å². The predicted molar refractivity (Wildman–Crippen MR) is 85.2 cm³/mol. The Hall–Kier alpha value is -1.82. The topological polar surface area (TPSA) is 67.6 Å². The van der Waals surface area contributed by atoms with Gasteiger partial charge in [0.15, 0.2) is 5.75 Å². The van der Waals surface area contributed by atoms with E-state index < -0.39 is 0 Å². The van der Waals surface area contributed by atoms with Crippen LogP contribution in [0.3, 0.4) is 0 Å². The molecule has 0 atom stereocenters. The molecule has 0 aromatic heterocycles. The van der Waals surface area contributed by atoms with Crippen LogP contribution >= 0.6 is 0 Å². The summed E-state index contributed by atoms with van der Waals surface area (Å²) in [6, 6.07) is 5.15. The Morgan fingerprint density at radius 3 is 2.71 bits per heavy atom. The van der Waals surface area contributed by atoms with E-state index in [9.17, 15) is 10.1 Å². The minimum atomic E-state index is -0.382. The van der Waals surface area contributed by atoms with Crippen LogP contribution < -0.4 is 10.1 Å². The van der Waals surface area contributed by atoms with Gasteiger partial charge in [-0.3, -0.25) is 10.1 Å². The Morgan fingerprint density at radius 2 is 2.10 bits per heavy atom. The summed E-state index contributed by atoms with van der Waals surface area (Å²) in [7, 11) is 4.07. The lowest BCUT2D eigenvalue weighted by Gasteiger charge is -2.12. The van der Waals surface area contributed by atoms with E-state index in [2.05, 4.69) is 10.2 Å². The van der Waals surface area contributed by atoms with E-state index in [1.165, 1.54) is 0 Å². The van der Waals surface area contributed by atoms with E-state index >= 15 is 0 Å². The van der Waals surface area contributed by atoms with E-state index in [-0.39, 0.29) is 10.6 Å². The normalized spacial score (nSPS) is 10.7. The fourth-order valence-corrected chi connectivity index (χ4v) is 1.96. The number of anilines is 1. The molecule has 0 amide bonds. The van der Waals surface area contributed by atoms with Crippen molar-refractivity contribution in [2.24, 2.45) is 0 Å². The van der Waals surface area contributed by atoms with Gasteiger partial charge in [-0.25, -0.2) is 0 Å². The highest BCUT2D eigenvalue weighted by molar-refractivity contribution is 5.68. The molecule has 1 aromatic rings. The van der Waals surface area contributed by atoms with Crippen molar-refractivity contribution < 1.29 is 9.66 Å². The third-order valence-corrected chi connectivity index (χ3v) is 2.99. The quantitative estimate of drug-likeness (QED) is 0.408. The zero-order chi connectivity index (χ0) is 15.7. The zero-order valence-electron chi connectivity index (χ0n) is 13.1. The SMILES string of the molecule is CCCOc1cccc(NCCCCN(C)C)c1[N+](=O)[O-]. The maximum absolute atomic E-state index is 11.3. The second kappa shape index (κ2) is 9.18. The molecule has 0 bridgehead atoms. The molecule has 0 unspecified atom stereocenters. The monoisotopic (exact) mass is 295 g/mol. The number of unbranched alkanes of at least 4 members (excludes halogenated alkanes) is 1. The van der Waals surface area contributed by atoms with Crippen molar-refractivity contribution in [3.63, 3.8) is 0 Å². The molecule has 0 saturated carbocycles. The Kier molecular flexibility index (Phi) is 7.53. The largest absolute Gasteiger partial charge is 0.487 e. The first-order valence-electron chi connectivity index (χ1n) is 7.35. The van der Waals surface area contributed by atoms with Crippen LogP contribution in [0.5, 0.6) is 5.75 Å². The Labute approximate surface area is 126 Å². The molecule has 6 nitrogen and oxygen atoms in total. The molecule has 0 spiro atoms. The molecular weight excluding hydrogens is 270 g/mol. The molecule has 0 fully saturated rings. The lowest BCUT2D eigenvalue weighted by atomic mass is 10.2. The first-order chi connectivity index (χ1) is 10.1. The van der Waals surface area contributed by atoms with Crippen LogP contribution in [0.25, 0.3) is 0 Å². The van der Waals surface area contributed by atoms with Gasteiger partial charge in [-0.15, -0.1) is 0 Å². The second-order valence-electron chi connectivity index (χ2n) is 5.20. The molecule has 21 heavy (non-hydrogen) atoms. The number of para-hydroxylation sites is 1. The number of rotatable bonds is 10. The molecule has 1 rings (SSSR count). The molecule has 1 N–H and O–H groups in total. The second-order valence-corrected chi connectivity index (χ2v) is 5.20. The average Bonchev–Trinajstić information content (AvgIpc) is 2.44. The first kappa shape index (κ1) is 17.2. The molecule has 0 saturated heterocycles. The highest BCUT2D eigenvalue weighted by Gasteiger charge is 2.20. The molecule has 0 radical (unpaired) electrons. The van der Waals surface area contributed by atoms with Gasteiger partial charge in [0.25, 0.3) is 0 Å². The number of hydrogen-bond donors (Lipinski definition) is 1. The van der Waals surface area contributed by atoms with Crippen molar-refractivity contribution in [1.82, 2.24) is 4.90 Å². The van der Waals surface area contributed by atoms with Gasteiger partial charge >= 0.3 is 5.69 Å². The zero-order valence-corrected chi connectivity index (χ0v) is 13.1. The van der Waals surface area contributed by atoms with E-state index in [0.717, 1.165) is 25.8 Å². The maximum Gasteiger partial charge on any atom is 0.333 e. The van der Waals surface area contributed by atoms with Gasteiger partial charge in [0.05, 0.1) is 11.5 Å². The number of nitro benzene ring substituents is 1. The van der Waals surface area contributed by atoms with E-state index in [4.69, 9.17) is 4.74 Å². The summed E-state index contributed by atoms with van der Waals surface area (Å²) >= 11 is 0. The molecule has 0 aliphatic carbocycles. The van der Waals surface area contributed by atoms with Crippen LogP contribution in [0.1, 0.15) is 26.2 Å². The van der Waals surface area contributed by atoms with Gasteiger partial charge in [-0.2, -0.15) is 0 Å². The fraction of sp³-hybridized carbons (Fsp3) is 0.600. The van der Waals surface area contributed by atoms with Gasteiger partial charge in [-0.05, 0) is 52.0 Å². The minimum absolute atomic E-state index is 0.0264. The number of nitrogens with zero attached hydrogens (tertiary/aromatic N) is 2. The van der Waals surface area contributed by atoms with Crippen LogP contribution in [-0.2, 0) is 0 Å². The highest BCUT2D eigenvalue weighted by Crippen LogP contribution is 2.34. The lowest BCUT2D eigenvalue weighted by molar-refractivity contribution is -0.385. The molecule has 1 aromatic carbocycles. The van der Waals surface area contributed by atoms with Crippen molar-refractivity contribution in [3.8, 4) is 5.75 Å². The Balaban J connectivity index is 2.65. The van der Waals surface area contributed by atoms with Crippen molar-refractivity contribution >= 4 is 11.4 Å². The summed E-state index contributed by atoms with van der Waals surface area (Å²) in [6.07, 6.45) is 2.84. The molecule has 0 aliphatic heterocycles. The van der Waals surface area contributed by atoms with Crippen LogP contribution in [-0.4, -0.2) is 43.6 Å².